The number of nitrogens with zero attached hydrogens (tertiary/aromatic N) is 4. The maximum Gasteiger partial charge on any atom is 0.177 e. The van der Waals surface area contributed by atoms with Crippen molar-refractivity contribution in [3.8, 4) is 5.75 Å². The molecule has 116 valence electrons. The van der Waals surface area contributed by atoms with Crippen LogP contribution in [0.3, 0.4) is 0 Å². The van der Waals surface area contributed by atoms with Gasteiger partial charge in [-0.3, -0.25) is 0 Å². The zero-order chi connectivity index (χ0) is 16.5. The SMILES string of the molecule is CN=Nc1ccc2cc(S(C)(=O)=O)c(N=NC)c(O)c2c1N. The highest BCUT2D eigenvalue weighted by molar-refractivity contribution is 7.90. The summed E-state index contributed by atoms with van der Waals surface area (Å²) in [6.45, 7) is 0. The molecule has 9 heteroatoms. The van der Waals surface area contributed by atoms with Crippen LogP contribution in [-0.2, 0) is 9.84 Å². The standard InChI is InChI=1S/C13H15N5O3S/c1-15-17-8-5-4-7-6-9(22(3,20)21)12(18-16-2)13(19)10(7)11(8)14/h4-6,19H,14H2,1-3H3. The lowest BCUT2D eigenvalue weighted by atomic mass is 10.1. The lowest BCUT2D eigenvalue weighted by molar-refractivity contribution is 0.481. The second-order valence-corrected chi connectivity index (χ2v) is 6.52. The van der Waals surface area contributed by atoms with Gasteiger partial charge in [0.2, 0.25) is 0 Å². The number of phenolic OH excluding ortho intramolecular Hbond substituents is 1. The van der Waals surface area contributed by atoms with Crippen molar-refractivity contribution >= 4 is 37.7 Å². The van der Waals surface area contributed by atoms with Gasteiger partial charge in [-0.1, -0.05) is 6.07 Å². The minimum Gasteiger partial charge on any atom is -0.505 e. The van der Waals surface area contributed by atoms with Crippen LogP contribution in [0.5, 0.6) is 5.75 Å². The molecule has 0 fully saturated rings. The quantitative estimate of drug-likeness (QED) is 0.664. The minimum absolute atomic E-state index is 0.118. The molecule has 0 unspecified atom stereocenters. The molecule has 0 bridgehead atoms. The first-order valence-electron chi connectivity index (χ1n) is 6.19. The molecule has 0 heterocycles. The number of phenols is 1. The summed E-state index contributed by atoms with van der Waals surface area (Å²) in [5, 5.41) is 25.9. The number of sulfone groups is 1. The number of nitrogens with two attached hydrogens (primary N) is 1. The Morgan fingerprint density at radius 1 is 1.14 bits per heavy atom. The van der Waals surface area contributed by atoms with Gasteiger partial charge in [-0.2, -0.15) is 20.5 Å². The average molecular weight is 321 g/mol. The molecular formula is C13H15N5O3S. The van der Waals surface area contributed by atoms with Crippen LogP contribution >= 0.6 is 0 Å². The molecule has 0 saturated heterocycles. The third kappa shape index (κ3) is 2.62. The van der Waals surface area contributed by atoms with E-state index in [0.717, 1.165) is 6.26 Å². The summed E-state index contributed by atoms with van der Waals surface area (Å²) in [6.07, 6.45) is 1.03. The smallest absolute Gasteiger partial charge is 0.177 e. The summed E-state index contributed by atoms with van der Waals surface area (Å²) < 4.78 is 23.8. The summed E-state index contributed by atoms with van der Waals surface area (Å²) in [5.41, 5.74) is 6.41. The highest BCUT2D eigenvalue weighted by atomic mass is 32.2. The van der Waals surface area contributed by atoms with Crippen molar-refractivity contribution in [1.29, 1.82) is 0 Å². The topological polar surface area (TPSA) is 130 Å². The molecule has 0 saturated carbocycles. The van der Waals surface area contributed by atoms with E-state index in [1.807, 2.05) is 0 Å². The van der Waals surface area contributed by atoms with Gasteiger partial charge in [0.25, 0.3) is 0 Å². The average Bonchev–Trinajstić information content (AvgIpc) is 2.43. The van der Waals surface area contributed by atoms with Gasteiger partial charge in [-0.25, -0.2) is 8.42 Å². The van der Waals surface area contributed by atoms with Crippen LogP contribution in [0.25, 0.3) is 10.8 Å². The third-order valence-electron chi connectivity index (χ3n) is 3.04. The second-order valence-electron chi connectivity index (χ2n) is 4.54. The van der Waals surface area contributed by atoms with Crippen LogP contribution in [0.15, 0.2) is 43.6 Å². The predicted octanol–water partition coefficient (Wildman–Crippen LogP) is 2.96. The van der Waals surface area contributed by atoms with Crippen LogP contribution in [0.2, 0.25) is 0 Å². The fourth-order valence-corrected chi connectivity index (χ4v) is 2.96. The molecular weight excluding hydrogens is 306 g/mol. The van der Waals surface area contributed by atoms with Crippen LogP contribution in [0, 0.1) is 0 Å². The van der Waals surface area contributed by atoms with E-state index in [1.54, 1.807) is 12.1 Å². The molecule has 8 nitrogen and oxygen atoms in total. The van der Waals surface area contributed by atoms with E-state index < -0.39 is 9.84 Å². The van der Waals surface area contributed by atoms with E-state index in [4.69, 9.17) is 5.73 Å². The highest BCUT2D eigenvalue weighted by Gasteiger charge is 2.22. The maximum atomic E-state index is 11.9. The predicted molar refractivity (Wildman–Crippen MR) is 84.0 cm³/mol. The van der Waals surface area contributed by atoms with Crippen LogP contribution in [0.4, 0.5) is 17.1 Å². The first kappa shape index (κ1) is 15.8. The lowest BCUT2D eigenvalue weighted by Crippen LogP contribution is -1.99. The van der Waals surface area contributed by atoms with Gasteiger partial charge in [-0.15, -0.1) is 0 Å². The van der Waals surface area contributed by atoms with Gasteiger partial charge >= 0.3 is 0 Å². The molecule has 0 aromatic heterocycles. The first-order valence-corrected chi connectivity index (χ1v) is 8.08. The number of rotatable bonds is 3. The van der Waals surface area contributed by atoms with Crippen LogP contribution in [0.1, 0.15) is 0 Å². The van der Waals surface area contributed by atoms with E-state index in [-0.39, 0.29) is 27.4 Å². The van der Waals surface area contributed by atoms with Crippen molar-refractivity contribution < 1.29 is 13.5 Å². The van der Waals surface area contributed by atoms with Gasteiger partial charge in [0.05, 0.1) is 16.0 Å². The Morgan fingerprint density at radius 2 is 1.77 bits per heavy atom. The highest BCUT2D eigenvalue weighted by Crippen LogP contribution is 2.45. The van der Waals surface area contributed by atoms with Crippen molar-refractivity contribution in [2.45, 2.75) is 4.90 Å². The Kier molecular flexibility index (Phi) is 4.09. The van der Waals surface area contributed by atoms with Gasteiger partial charge in [0, 0.05) is 20.4 Å². The number of fused-ring (bicyclic) bond motifs is 1. The fourth-order valence-electron chi connectivity index (χ4n) is 2.13. The molecule has 22 heavy (non-hydrogen) atoms. The Balaban J connectivity index is 3.00. The number of benzene rings is 2. The molecule has 2 rings (SSSR count). The molecule has 0 aliphatic carbocycles. The Hall–Kier alpha value is -2.55. The van der Waals surface area contributed by atoms with Gasteiger partial charge in [-0.05, 0) is 17.5 Å². The van der Waals surface area contributed by atoms with Crippen molar-refractivity contribution in [2.75, 3.05) is 26.1 Å². The van der Waals surface area contributed by atoms with Gasteiger partial charge in [0.1, 0.15) is 11.4 Å². The fraction of sp³-hybridized carbons (Fsp3) is 0.231. The summed E-state index contributed by atoms with van der Waals surface area (Å²) in [5.74, 6) is -0.353. The lowest BCUT2D eigenvalue weighted by Gasteiger charge is -2.12. The number of anilines is 1. The van der Waals surface area contributed by atoms with E-state index in [2.05, 4.69) is 20.5 Å². The Bertz CT molecular complexity index is 904. The second kappa shape index (κ2) is 5.68. The van der Waals surface area contributed by atoms with Crippen LogP contribution in [-0.4, -0.2) is 33.9 Å². The number of hydrogen-bond acceptors (Lipinski definition) is 8. The molecule has 0 atom stereocenters. The van der Waals surface area contributed by atoms with E-state index >= 15 is 0 Å². The molecule has 2 aromatic rings. The summed E-state index contributed by atoms with van der Waals surface area (Å²) in [7, 11) is -0.731. The Morgan fingerprint density at radius 3 is 2.32 bits per heavy atom. The van der Waals surface area contributed by atoms with Crippen molar-refractivity contribution in [3.05, 3.63) is 18.2 Å². The first-order chi connectivity index (χ1) is 10.3. The summed E-state index contributed by atoms with van der Waals surface area (Å²) >= 11 is 0. The number of hydrogen-bond donors (Lipinski definition) is 2. The van der Waals surface area contributed by atoms with Crippen molar-refractivity contribution in [3.63, 3.8) is 0 Å². The molecule has 3 N–H and O–H groups in total. The zero-order valence-electron chi connectivity index (χ0n) is 12.3. The molecule has 0 spiro atoms. The van der Waals surface area contributed by atoms with Crippen molar-refractivity contribution in [1.82, 2.24) is 0 Å². The molecule has 0 amide bonds. The Labute approximate surface area is 127 Å². The largest absolute Gasteiger partial charge is 0.505 e. The van der Waals surface area contributed by atoms with E-state index in [9.17, 15) is 13.5 Å². The van der Waals surface area contributed by atoms with Crippen LogP contribution < -0.4 is 5.73 Å². The monoisotopic (exact) mass is 321 g/mol. The van der Waals surface area contributed by atoms with Gasteiger partial charge in [0.15, 0.2) is 15.6 Å². The molecule has 0 radical (unpaired) electrons. The zero-order valence-corrected chi connectivity index (χ0v) is 13.1. The third-order valence-corrected chi connectivity index (χ3v) is 4.15. The van der Waals surface area contributed by atoms with Gasteiger partial charge < -0.3 is 10.8 Å². The summed E-state index contributed by atoms with van der Waals surface area (Å²) in [6, 6.07) is 4.60. The minimum atomic E-state index is -3.60. The molecule has 2 aromatic carbocycles. The number of nitrogen functional groups attached to an aromatic ring is 1. The number of azo groups is 2. The number of aromatic hydroxyl groups is 1. The van der Waals surface area contributed by atoms with Crippen molar-refractivity contribution in [2.24, 2.45) is 20.5 Å². The molecule has 0 aliphatic heterocycles. The normalized spacial score (nSPS) is 12.7. The summed E-state index contributed by atoms with van der Waals surface area (Å²) in [4.78, 5) is -0.118. The maximum absolute atomic E-state index is 11.9. The molecule has 0 aliphatic rings. The van der Waals surface area contributed by atoms with E-state index in [0.29, 0.717) is 11.1 Å². The van der Waals surface area contributed by atoms with E-state index in [1.165, 1.54) is 20.2 Å².